The molecule has 0 aliphatic heterocycles. The Morgan fingerprint density at radius 1 is 0.226 bits per heavy atom. The van der Waals surface area contributed by atoms with Gasteiger partial charge in [-0.3, -0.25) is 0 Å². The highest BCUT2D eigenvalue weighted by molar-refractivity contribution is 6.11. The van der Waals surface area contributed by atoms with E-state index in [9.17, 15) is 0 Å². The molecule has 0 aliphatic rings. The van der Waals surface area contributed by atoms with Gasteiger partial charge < -0.3 is 9.13 Å². The summed E-state index contributed by atoms with van der Waals surface area (Å²) in [7, 11) is 0. The van der Waals surface area contributed by atoms with Crippen LogP contribution >= 0.6 is 0 Å². The molecule has 3 heterocycles. The predicted octanol–water partition coefficient (Wildman–Crippen LogP) is 14.4. The standard InChI is InChI=1S/C57H37N5/c1-4-16-38(17-5-1)41-30-32-54-49(36-41)48-27-11-13-29-52(48)62(54)46-25-15-22-44(35-46)57-59-55(39-18-6-2-7-19-39)58-56(60-57)43-21-14-20-40(34-43)42-31-33-53-50(37-42)47-26-10-12-28-51(47)61(53)45-23-8-3-9-24-45/h1-37H. The molecule has 0 atom stereocenters. The summed E-state index contributed by atoms with van der Waals surface area (Å²) in [5.74, 6) is 1.86. The van der Waals surface area contributed by atoms with Crippen LogP contribution in [0.5, 0.6) is 0 Å². The third kappa shape index (κ3) is 6.06. The zero-order valence-corrected chi connectivity index (χ0v) is 33.6. The molecule has 62 heavy (non-hydrogen) atoms. The second-order valence-corrected chi connectivity index (χ2v) is 15.7. The molecule has 9 aromatic carbocycles. The number of rotatable bonds is 7. The summed E-state index contributed by atoms with van der Waals surface area (Å²) in [5, 5.41) is 4.85. The Kier molecular flexibility index (Phi) is 8.42. The normalized spacial score (nSPS) is 11.5. The minimum absolute atomic E-state index is 0.614. The molecule has 0 saturated heterocycles. The van der Waals surface area contributed by atoms with Crippen LogP contribution in [0.15, 0.2) is 224 Å². The molecule has 0 unspecified atom stereocenters. The maximum Gasteiger partial charge on any atom is 0.164 e. The Labute approximate surface area is 358 Å². The van der Waals surface area contributed by atoms with Gasteiger partial charge in [0.05, 0.1) is 22.1 Å². The van der Waals surface area contributed by atoms with E-state index in [1.54, 1.807) is 0 Å². The van der Waals surface area contributed by atoms with E-state index in [0.717, 1.165) is 50.2 Å². The van der Waals surface area contributed by atoms with Gasteiger partial charge in [-0.25, -0.2) is 15.0 Å². The summed E-state index contributed by atoms with van der Waals surface area (Å²) in [6.45, 7) is 0. The Morgan fingerprint density at radius 3 is 1.23 bits per heavy atom. The van der Waals surface area contributed by atoms with E-state index in [1.165, 1.54) is 43.7 Å². The van der Waals surface area contributed by atoms with Crippen LogP contribution in [0, 0.1) is 0 Å². The van der Waals surface area contributed by atoms with Crippen molar-refractivity contribution in [2.24, 2.45) is 0 Å². The van der Waals surface area contributed by atoms with Crippen LogP contribution in [0.25, 0.3) is 111 Å². The monoisotopic (exact) mass is 791 g/mol. The highest BCUT2D eigenvalue weighted by Crippen LogP contribution is 2.38. The Bertz CT molecular complexity index is 3620. The van der Waals surface area contributed by atoms with Crippen LogP contribution in [0.3, 0.4) is 0 Å². The predicted molar refractivity (Wildman–Crippen MR) is 256 cm³/mol. The molecular formula is C57H37N5. The van der Waals surface area contributed by atoms with Gasteiger partial charge in [-0.05, 0) is 89.0 Å². The van der Waals surface area contributed by atoms with E-state index in [0.29, 0.717) is 17.5 Å². The van der Waals surface area contributed by atoms with E-state index in [2.05, 4.69) is 215 Å². The summed E-state index contributed by atoms with van der Waals surface area (Å²) in [4.78, 5) is 15.5. The molecule has 0 fully saturated rings. The Morgan fingerprint density at radius 2 is 0.613 bits per heavy atom. The third-order valence-corrected chi connectivity index (χ3v) is 12.0. The third-order valence-electron chi connectivity index (χ3n) is 12.0. The number of hydrogen-bond acceptors (Lipinski definition) is 3. The fourth-order valence-corrected chi connectivity index (χ4v) is 9.04. The summed E-state index contributed by atoms with van der Waals surface area (Å²) < 4.78 is 4.70. The van der Waals surface area contributed by atoms with Crippen molar-refractivity contribution >= 4 is 43.6 Å². The van der Waals surface area contributed by atoms with Gasteiger partial charge in [-0.15, -0.1) is 0 Å². The summed E-state index contributed by atoms with van der Waals surface area (Å²) >= 11 is 0. The van der Waals surface area contributed by atoms with E-state index in [-0.39, 0.29) is 0 Å². The van der Waals surface area contributed by atoms with Crippen molar-refractivity contribution in [3.8, 4) is 67.8 Å². The number of para-hydroxylation sites is 3. The molecule has 5 nitrogen and oxygen atoms in total. The van der Waals surface area contributed by atoms with Crippen molar-refractivity contribution in [1.29, 1.82) is 0 Å². The number of aromatic nitrogens is 5. The second kappa shape index (κ2) is 14.7. The fraction of sp³-hybridized carbons (Fsp3) is 0. The maximum atomic E-state index is 5.22. The van der Waals surface area contributed by atoms with Crippen LogP contribution in [0.1, 0.15) is 0 Å². The molecule has 12 rings (SSSR count). The van der Waals surface area contributed by atoms with Crippen molar-refractivity contribution < 1.29 is 0 Å². The average molecular weight is 792 g/mol. The molecule has 0 spiro atoms. The van der Waals surface area contributed by atoms with Crippen molar-refractivity contribution in [3.05, 3.63) is 224 Å². The molecule has 0 radical (unpaired) electrons. The SMILES string of the molecule is c1ccc(-c2ccc3c(c2)c2ccccc2n3-c2cccc(-c3nc(-c4ccccc4)nc(-c4cccc(-c5ccc6c(c5)c5ccccc5n6-c5ccccc5)c4)n3)c2)cc1. The van der Waals surface area contributed by atoms with Gasteiger partial charge in [-0.1, -0.05) is 158 Å². The van der Waals surface area contributed by atoms with Crippen LogP contribution in [-0.4, -0.2) is 24.1 Å². The van der Waals surface area contributed by atoms with Gasteiger partial charge in [0.15, 0.2) is 17.5 Å². The van der Waals surface area contributed by atoms with Gasteiger partial charge in [0.1, 0.15) is 0 Å². The number of nitrogens with zero attached hydrogens (tertiary/aromatic N) is 5. The van der Waals surface area contributed by atoms with E-state index >= 15 is 0 Å². The lowest BCUT2D eigenvalue weighted by molar-refractivity contribution is 1.07. The molecule has 12 aromatic rings. The Hall–Kier alpha value is -8.41. The molecule has 0 aliphatic carbocycles. The minimum Gasteiger partial charge on any atom is -0.309 e. The smallest absolute Gasteiger partial charge is 0.164 e. The maximum absolute atomic E-state index is 5.22. The first kappa shape index (κ1) is 35.5. The van der Waals surface area contributed by atoms with E-state index in [4.69, 9.17) is 15.0 Å². The van der Waals surface area contributed by atoms with Crippen molar-refractivity contribution in [2.45, 2.75) is 0 Å². The lowest BCUT2D eigenvalue weighted by Gasteiger charge is -2.12. The molecule has 0 N–H and O–H groups in total. The summed E-state index contributed by atoms with van der Waals surface area (Å²) in [6.07, 6.45) is 0. The summed E-state index contributed by atoms with van der Waals surface area (Å²) in [5.41, 5.74) is 14.2. The lowest BCUT2D eigenvalue weighted by Crippen LogP contribution is -2.01. The number of hydrogen-bond donors (Lipinski definition) is 0. The first-order valence-electron chi connectivity index (χ1n) is 20.9. The number of fused-ring (bicyclic) bond motifs is 6. The van der Waals surface area contributed by atoms with Gasteiger partial charge in [0, 0.05) is 49.6 Å². The van der Waals surface area contributed by atoms with Crippen LogP contribution < -0.4 is 0 Å². The van der Waals surface area contributed by atoms with Crippen molar-refractivity contribution in [3.63, 3.8) is 0 Å². The zero-order valence-electron chi connectivity index (χ0n) is 33.6. The Balaban J connectivity index is 0.976. The van der Waals surface area contributed by atoms with Gasteiger partial charge >= 0.3 is 0 Å². The molecule has 3 aromatic heterocycles. The lowest BCUT2D eigenvalue weighted by atomic mass is 10.0. The van der Waals surface area contributed by atoms with Crippen molar-refractivity contribution in [2.75, 3.05) is 0 Å². The highest BCUT2D eigenvalue weighted by atomic mass is 15.0. The fourth-order valence-electron chi connectivity index (χ4n) is 9.04. The van der Waals surface area contributed by atoms with Crippen LogP contribution in [-0.2, 0) is 0 Å². The molecule has 0 bridgehead atoms. The van der Waals surface area contributed by atoms with E-state index < -0.39 is 0 Å². The minimum atomic E-state index is 0.614. The van der Waals surface area contributed by atoms with Crippen molar-refractivity contribution in [1.82, 2.24) is 24.1 Å². The van der Waals surface area contributed by atoms with Gasteiger partial charge in [0.25, 0.3) is 0 Å². The first-order valence-corrected chi connectivity index (χ1v) is 20.9. The van der Waals surface area contributed by atoms with Crippen LogP contribution in [0.2, 0.25) is 0 Å². The molecule has 290 valence electrons. The zero-order chi connectivity index (χ0) is 41.0. The topological polar surface area (TPSA) is 48.5 Å². The molecule has 0 saturated carbocycles. The number of benzene rings is 9. The van der Waals surface area contributed by atoms with Gasteiger partial charge in [0.2, 0.25) is 0 Å². The molecule has 0 amide bonds. The average Bonchev–Trinajstić information content (AvgIpc) is 3.87. The second-order valence-electron chi connectivity index (χ2n) is 15.7. The van der Waals surface area contributed by atoms with Gasteiger partial charge in [-0.2, -0.15) is 0 Å². The van der Waals surface area contributed by atoms with E-state index in [1.807, 2.05) is 18.2 Å². The molecular weight excluding hydrogens is 755 g/mol. The van der Waals surface area contributed by atoms with Crippen LogP contribution in [0.4, 0.5) is 0 Å². The molecule has 5 heteroatoms. The highest BCUT2D eigenvalue weighted by Gasteiger charge is 2.18. The quantitative estimate of drug-likeness (QED) is 0.162. The summed E-state index contributed by atoms with van der Waals surface area (Å²) in [6, 6.07) is 79.3. The largest absolute Gasteiger partial charge is 0.309 e. The first-order chi connectivity index (χ1) is 30.7.